The molecular weight excluding hydrogens is 356 g/mol. The number of nitrogens with zero attached hydrogens (tertiary/aromatic N) is 3. The Kier molecular flexibility index (Phi) is 4.30. The summed E-state index contributed by atoms with van der Waals surface area (Å²) in [6, 6.07) is 7.28. The fraction of sp³-hybridized carbons (Fsp3) is 0.476. The van der Waals surface area contributed by atoms with E-state index in [4.69, 9.17) is 4.74 Å². The van der Waals surface area contributed by atoms with Crippen molar-refractivity contribution >= 4 is 17.5 Å². The van der Waals surface area contributed by atoms with Gasteiger partial charge in [-0.05, 0) is 31.9 Å². The number of hydrogen-bond donors (Lipinski definition) is 1. The topological polar surface area (TPSA) is 76.5 Å². The highest BCUT2D eigenvalue weighted by molar-refractivity contribution is 6.07. The number of nitrogens with one attached hydrogen (secondary N) is 1. The van der Waals surface area contributed by atoms with E-state index in [2.05, 4.69) is 10.3 Å². The Hall–Kier alpha value is -2.67. The molecule has 1 aromatic heterocycles. The van der Waals surface area contributed by atoms with Crippen molar-refractivity contribution < 1.29 is 14.3 Å². The molecular formula is C21H26N4O3. The van der Waals surface area contributed by atoms with Crippen LogP contribution in [0.3, 0.4) is 0 Å². The van der Waals surface area contributed by atoms with Crippen molar-refractivity contribution in [1.82, 2.24) is 14.5 Å². The van der Waals surface area contributed by atoms with Crippen molar-refractivity contribution in [3.8, 4) is 0 Å². The van der Waals surface area contributed by atoms with Gasteiger partial charge in [0.05, 0.1) is 12.0 Å². The molecule has 2 aromatic rings. The Morgan fingerprint density at radius 1 is 1.39 bits per heavy atom. The molecule has 7 nitrogen and oxygen atoms in total. The third-order valence-corrected chi connectivity index (χ3v) is 6.03. The van der Waals surface area contributed by atoms with Crippen molar-refractivity contribution in [2.75, 3.05) is 25.6 Å². The fourth-order valence-corrected chi connectivity index (χ4v) is 4.72. The number of imidazole rings is 1. The maximum absolute atomic E-state index is 13.5. The molecule has 0 bridgehead atoms. The number of benzene rings is 1. The number of fused-ring (bicyclic) bond motifs is 2. The second kappa shape index (κ2) is 6.44. The number of likely N-dealkylation sites (tertiary alicyclic amines) is 1. The zero-order valence-corrected chi connectivity index (χ0v) is 16.7. The van der Waals surface area contributed by atoms with Crippen LogP contribution in [0.15, 0.2) is 36.7 Å². The number of anilines is 1. The number of ether oxygens (including phenoxy) is 1. The van der Waals surface area contributed by atoms with Crippen molar-refractivity contribution in [3.63, 3.8) is 0 Å². The van der Waals surface area contributed by atoms with Gasteiger partial charge in [0.15, 0.2) is 0 Å². The molecule has 1 saturated heterocycles. The molecule has 3 heterocycles. The third kappa shape index (κ3) is 2.49. The summed E-state index contributed by atoms with van der Waals surface area (Å²) in [6.45, 7) is 4.56. The van der Waals surface area contributed by atoms with Gasteiger partial charge in [-0.2, -0.15) is 0 Å². The van der Waals surface area contributed by atoms with Crippen LogP contribution in [0.2, 0.25) is 0 Å². The number of amides is 2. The standard InChI is InChI=1S/C21H26N4O3/c1-20(2,13-28-4)19(27)25-11-9-21(16(25)17-22-10-12-24(17)3)14-7-5-6-8-15(14)23-18(21)26/h5-8,10,12,16H,9,11,13H2,1-4H3,(H,23,26). The van der Waals surface area contributed by atoms with Gasteiger partial charge in [-0.25, -0.2) is 4.98 Å². The summed E-state index contributed by atoms with van der Waals surface area (Å²) in [4.78, 5) is 33.2. The summed E-state index contributed by atoms with van der Waals surface area (Å²) in [5.41, 5.74) is 0.220. The molecule has 148 valence electrons. The molecule has 2 aliphatic heterocycles. The molecule has 1 aromatic carbocycles. The number of carbonyl (C=O) groups is 2. The number of aryl methyl sites for hydroxylation is 1. The smallest absolute Gasteiger partial charge is 0.237 e. The first-order chi connectivity index (χ1) is 13.3. The number of aromatic nitrogens is 2. The quantitative estimate of drug-likeness (QED) is 0.880. The molecule has 0 aliphatic carbocycles. The Balaban J connectivity index is 1.87. The molecule has 1 fully saturated rings. The zero-order chi connectivity index (χ0) is 20.1. The summed E-state index contributed by atoms with van der Waals surface area (Å²) in [7, 11) is 3.49. The fourth-order valence-electron chi connectivity index (χ4n) is 4.72. The van der Waals surface area contributed by atoms with Crippen LogP contribution in [0.4, 0.5) is 5.69 Å². The first-order valence-electron chi connectivity index (χ1n) is 9.51. The number of para-hydroxylation sites is 1. The molecule has 0 radical (unpaired) electrons. The lowest BCUT2D eigenvalue weighted by atomic mass is 9.74. The van der Waals surface area contributed by atoms with E-state index in [-0.39, 0.29) is 11.8 Å². The maximum atomic E-state index is 13.5. The Morgan fingerprint density at radius 3 is 2.82 bits per heavy atom. The van der Waals surface area contributed by atoms with Crippen LogP contribution < -0.4 is 5.32 Å². The van der Waals surface area contributed by atoms with E-state index >= 15 is 0 Å². The van der Waals surface area contributed by atoms with Crippen LogP contribution in [0, 0.1) is 5.41 Å². The molecule has 2 unspecified atom stereocenters. The second-order valence-corrected chi connectivity index (χ2v) is 8.34. The van der Waals surface area contributed by atoms with Crippen LogP contribution in [-0.2, 0) is 26.8 Å². The first kappa shape index (κ1) is 18.7. The Labute approximate surface area is 164 Å². The lowest BCUT2D eigenvalue weighted by molar-refractivity contribution is -0.145. The van der Waals surface area contributed by atoms with Gasteiger partial charge in [-0.1, -0.05) is 18.2 Å². The predicted molar refractivity (Wildman–Crippen MR) is 105 cm³/mol. The molecule has 0 saturated carbocycles. The summed E-state index contributed by atoms with van der Waals surface area (Å²) < 4.78 is 7.18. The summed E-state index contributed by atoms with van der Waals surface area (Å²) >= 11 is 0. The van der Waals surface area contributed by atoms with Crippen LogP contribution in [-0.4, -0.2) is 46.5 Å². The molecule has 1 spiro atoms. The maximum Gasteiger partial charge on any atom is 0.237 e. The van der Waals surface area contributed by atoms with Gasteiger partial charge in [0, 0.05) is 38.8 Å². The van der Waals surface area contributed by atoms with Gasteiger partial charge in [0.1, 0.15) is 17.3 Å². The van der Waals surface area contributed by atoms with Gasteiger partial charge in [0.25, 0.3) is 0 Å². The number of rotatable bonds is 4. The monoisotopic (exact) mass is 382 g/mol. The van der Waals surface area contributed by atoms with Gasteiger partial charge in [0.2, 0.25) is 11.8 Å². The van der Waals surface area contributed by atoms with Gasteiger partial charge in [-0.15, -0.1) is 0 Å². The van der Waals surface area contributed by atoms with E-state index in [0.717, 1.165) is 11.3 Å². The lowest BCUT2D eigenvalue weighted by Gasteiger charge is -2.37. The Morgan fingerprint density at radius 2 is 2.14 bits per heavy atom. The minimum absolute atomic E-state index is 0.0311. The Bertz CT molecular complexity index is 935. The SMILES string of the molecule is COCC(C)(C)C(=O)N1CCC2(C(=O)Nc3ccccc32)C1c1nccn1C. The van der Waals surface area contributed by atoms with Crippen LogP contribution in [0.25, 0.3) is 0 Å². The molecule has 2 atom stereocenters. The highest BCUT2D eigenvalue weighted by Gasteiger charge is 2.61. The molecule has 7 heteroatoms. The highest BCUT2D eigenvalue weighted by Crippen LogP contribution is 2.54. The average molecular weight is 382 g/mol. The largest absolute Gasteiger partial charge is 0.384 e. The normalized spacial score (nSPS) is 23.9. The van der Waals surface area contributed by atoms with Crippen molar-refractivity contribution in [2.24, 2.45) is 12.5 Å². The van der Waals surface area contributed by atoms with Crippen LogP contribution in [0.5, 0.6) is 0 Å². The molecule has 1 N–H and O–H groups in total. The second-order valence-electron chi connectivity index (χ2n) is 8.34. The van der Waals surface area contributed by atoms with Gasteiger partial charge in [-0.3, -0.25) is 9.59 Å². The van der Waals surface area contributed by atoms with Crippen molar-refractivity contribution in [2.45, 2.75) is 31.7 Å². The minimum Gasteiger partial charge on any atom is -0.384 e. The highest BCUT2D eigenvalue weighted by atomic mass is 16.5. The summed E-state index contributed by atoms with van der Waals surface area (Å²) in [5, 5.41) is 3.03. The van der Waals surface area contributed by atoms with E-state index in [1.807, 2.05) is 60.8 Å². The number of hydrogen-bond acceptors (Lipinski definition) is 4. The lowest BCUT2D eigenvalue weighted by Crippen LogP contribution is -2.48. The van der Waals surface area contributed by atoms with E-state index < -0.39 is 16.9 Å². The van der Waals surface area contributed by atoms with Crippen LogP contribution in [0.1, 0.15) is 37.7 Å². The number of carbonyl (C=O) groups excluding carboxylic acids is 2. The summed E-state index contributed by atoms with van der Waals surface area (Å²) in [5.74, 6) is 0.615. The molecule has 2 amide bonds. The summed E-state index contributed by atoms with van der Waals surface area (Å²) in [6.07, 6.45) is 4.12. The average Bonchev–Trinajstić information content (AvgIpc) is 3.32. The zero-order valence-electron chi connectivity index (χ0n) is 16.7. The van der Waals surface area contributed by atoms with Gasteiger partial charge >= 0.3 is 0 Å². The predicted octanol–water partition coefficient (Wildman–Crippen LogP) is 2.26. The minimum atomic E-state index is -0.839. The molecule has 4 rings (SSSR count). The first-order valence-corrected chi connectivity index (χ1v) is 9.51. The van der Waals surface area contributed by atoms with Crippen molar-refractivity contribution in [3.05, 3.63) is 48.0 Å². The van der Waals surface area contributed by atoms with E-state index in [0.29, 0.717) is 25.4 Å². The third-order valence-electron chi connectivity index (χ3n) is 6.03. The van der Waals surface area contributed by atoms with Gasteiger partial charge < -0.3 is 19.5 Å². The van der Waals surface area contributed by atoms with E-state index in [9.17, 15) is 9.59 Å². The molecule has 28 heavy (non-hydrogen) atoms. The number of methoxy groups -OCH3 is 1. The molecule has 2 aliphatic rings. The van der Waals surface area contributed by atoms with Crippen molar-refractivity contribution in [1.29, 1.82) is 0 Å². The van der Waals surface area contributed by atoms with E-state index in [1.54, 1.807) is 13.3 Å². The van der Waals surface area contributed by atoms with E-state index in [1.165, 1.54) is 0 Å². The van der Waals surface area contributed by atoms with Crippen LogP contribution >= 0.6 is 0 Å².